The van der Waals surface area contributed by atoms with Crippen molar-refractivity contribution in [3.05, 3.63) is 63.7 Å². The minimum absolute atomic E-state index is 0.210. The Morgan fingerprint density at radius 1 is 1.35 bits per heavy atom. The molecule has 9 nitrogen and oxygen atoms in total. The second kappa shape index (κ2) is 9.73. The molecular weight excluding hydrogens is 416 g/mol. The topological polar surface area (TPSA) is 135 Å². The molecule has 0 fully saturated rings. The van der Waals surface area contributed by atoms with Gasteiger partial charge in [0.1, 0.15) is 35.1 Å². The van der Waals surface area contributed by atoms with E-state index in [9.17, 15) is 4.79 Å². The van der Waals surface area contributed by atoms with E-state index in [-0.39, 0.29) is 17.2 Å². The number of nitrogens with one attached hydrogen (secondary N) is 1. The van der Waals surface area contributed by atoms with Crippen LogP contribution >= 0.6 is 11.6 Å². The Morgan fingerprint density at radius 3 is 2.84 bits per heavy atom. The van der Waals surface area contributed by atoms with Crippen molar-refractivity contribution in [3.8, 4) is 11.8 Å². The van der Waals surface area contributed by atoms with Gasteiger partial charge in [-0.3, -0.25) is 19.8 Å². The first-order valence-electron chi connectivity index (χ1n) is 9.17. The Balaban J connectivity index is 2.02. The fourth-order valence-corrected chi connectivity index (χ4v) is 3.00. The highest BCUT2D eigenvalue weighted by molar-refractivity contribution is 6.35. The molecule has 156 valence electrons. The number of rotatable bonds is 4. The van der Waals surface area contributed by atoms with E-state index >= 15 is 0 Å². The third-order valence-corrected chi connectivity index (χ3v) is 4.62. The molecule has 3 aromatic rings. The summed E-state index contributed by atoms with van der Waals surface area (Å²) in [6.07, 6.45) is 4.61. The van der Waals surface area contributed by atoms with Gasteiger partial charge in [0.05, 0.1) is 22.1 Å². The summed E-state index contributed by atoms with van der Waals surface area (Å²) in [6, 6.07) is 4.50. The Bertz CT molecular complexity index is 1290. The lowest BCUT2D eigenvalue weighted by molar-refractivity contribution is 0.738. The number of amidine groups is 2. The Hall–Kier alpha value is -3.90. The van der Waals surface area contributed by atoms with E-state index in [2.05, 4.69) is 53.5 Å². The number of fused-ring (bicyclic) bond motifs is 1. The van der Waals surface area contributed by atoms with Crippen LogP contribution < -0.4 is 11.3 Å². The van der Waals surface area contributed by atoms with E-state index in [0.717, 1.165) is 0 Å². The van der Waals surface area contributed by atoms with Gasteiger partial charge >= 0.3 is 0 Å². The number of benzene rings is 1. The van der Waals surface area contributed by atoms with E-state index in [1.165, 1.54) is 12.4 Å². The van der Waals surface area contributed by atoms with Gasteiger partial charge < -0.3 is 10.7 Å². The zero-order valence-electron chi connectivity index (χ0n) is 16.9. The van der Waals surface area contributed by atoms with Crippen LogP contribution in [0.2, 0.25) is 5.02 Å². The second-order valence-corrected chi connectivity index (χ2v) is 6.76. The van der Waals surface area contributed by atoms with Gasteiger partial charge in [-0.2, -0.15) is 0 Å². The number of hydrogen-bond acceptors (Lipinski definition) is 6. The molecule has 0 bridgehead atoms. The van der Waals surface area contributed by atoms with Gasteiger partial charge in [0.25, 0.3) is 5.56 Å². The van der Waals surface area contributed by atoms with Crippen LogP contribution in [0.25, 0.3) is 10.9 Å². The van der Waals surface area contributed by atoms with Crippen LogP contribution in [0.15, 0.2) is 56.6 Å². The van der Waals surface area contributed by atoms with E-state index < -0.39 is 12.0 Å². The zero-order chi connectivity index (χ0) is 22.4. The van der Waals surface area contributed by atoms with Crippen LogP contribution in [0.4, 0.5) is 0 Å². The predicted octanol–water partition coefficient (Wildman–Crippen LogP) is 2.18. The molecule has 0 saturated carbocycles. The van der Waals surface area contributed by atoms with Crippen LogP contribution in [0, 0.1) is 17.8 Å². The third kappa shape index (κ3) is 4.99. The van der Waals surface area contributed by atoms with Crippen molar-refractivity contribution in [1.82, 2.24) is 19.9 Å². The standard InChI is InChI=1S/C21H19ClN8O/c1-12(19-29-16-6-4-5-15(22)17(16)21(31)30-19)28-20(25-3)14(18(23)24-2)8-7-13-11-26-9-10-27-13/h4-6,9-12,14H,3H2,1-2H3,(H2,23,24)(H,29,30,31). The molecule has 0 aliphatic carbocycles. The molecule has 1 aromatic carbocycles. The average Bonchev–Trinajstić information content (AvgIpc) is 2.78. The molecular formula is C21H19ClN8O. The van der Waals surface area contributed by atoms with Crippen molar-refractivity contribution < 1.29 is 0 Å². The van der Waals surface area contributed by atoms with Gasteiger partial charge in [0, 0.05) is 19.4 Å². The van der Waals surface area contributed by atoms with Crippen LogP contribution in [0.5, 0.6) is 0 Å². The maximum Gasteiger partial charge on any atom is 0.260 e. The summed E-state index contributed by atoms with van der Waals surface area (Å²) in [5, 5.41) is 0.648. The van der Waals surface area contributed by atoms with Crippen LogP contribution in [-0.4, -0.2) is 45.4 Å². The number of aromatic nitrogens is 4. The number of aliphatic imine (C=N–C) groups is 3. The van der Waals surface area contributed by atoms with Crippen LogP contribution in [-0.2, 0) is 0 Å². The van der Waals surface area contributed by atoms with Gasteiger partial charge in [-0.25, -0.2) is 15.0 Å². The first kappa shape index (κ1) is 21.8. The summed E-state index contributed by atoms with van der Waals surface area (Å²) in [5.74, 6) is 5.91. The lowest BCUT2D eigenvalue weighted by Crippen LogP contribution is -2.29. The molecule has 31 heavy (non-hydrogen) atoms. The molecule has 2 heterocycles. The van der Waals surface area contributed by atoms with E-state index in [0.29, 0.717) is 27.4 Å². The summed E-state index contributed by atoms with van der Waals surface area (Å²) >= 11 is 6.12. The lowest BCUT2D eigenvalue weighted by Gasteiger charge is -2.13. The number of aromatic amines is 1. The minimum atomic E-state index is -0.728. The molecule has 0 saturated heterocycles. The number of nitrogens with two attached hydrogens (primary N) is 1. The highest BCUT2D eigenvalue weighted by atomic mass is 35.5. The molecule has 10 heteroatoms. The van der Waals surface area contributed by atoms with Crippen molar-refractivity contribution in [2.24, 2.45) is 26.6 Å². The zero-order valence-corrected chi connectivity index (χ0v) is 17.6. The maximum absolute atomic E-state index is 12.5. The first-order chi connectivity index (χ1) is 14.9. The molecule has 2 unspecified atom stereocenters. The van der Waals surface area contributed by atoms with Gasteiger partial charge in [0.15, 0.2) is 0 Å². The maximum atomic E-state index is 12.5. The number of H-pyrrole nitrogens is 1. The summed E-state index contributed by atoms with van der Waals surface area (Å²) in [5.41, 5.74) is 6.62. The second-order valence-electron chi connectivity index (χ2n) is 6.35. The SMILES string of the molecule is C=NC(=NC(C)c1nc2cccc(Cl)c2c(=O)[nH]1)C(C#Cc1cnccn1)C(N)=NC. The molecule has 3 rings (SSSR count). The summed E-state index contributed by atoms with van der Waals surface area (Å²) < 4.78 is 0. The average molecular weight is 435 g/mol. The highest BCUT2D eigenvalue weighted by Gasteiger charge is 2.20. The molecule has 3 N–H and O–H groups in total. The largest absolute Gasteiger partial charge is 0.386 e. The number of hydrogen-bond donors (Lipinski definition) is 2. The fourth-order valence-electron chi connectivity index (χ4n) is 2.74. The summed E-state index contributed by atoms with van der Waals surface area (Å²) in [7, 11) is 1.54. The molecule has 0 aliphatic rings. The quantitative estimate of drug-likeness (QED) is 0.368. The molecule has 2 aromatic heterocycles. The smallest absolute Gasteiger partial charge is 0.260 e. The number of nitrogens with zero attached hydrogens (tertiary/aromatic N) is 6. The normalized spacial score (nSPS) is 13.9. The number of halogens is 1. The summed E-state index contributed by atoms with van der Waals surface area (Å²) in [4.78, 5) is 40.3. The molecule has 0 radical (unpaired) electrons. The van der Waals surface area contributed by atoms with Gasteiger partial charge in [-0.05, 0) is 31.7 Å². The Kier molecular flexibility index (Phi) is 6.85. The summed E-state index contributed by atoms with van der Waals surface area (Å²) in [6.45, 7) is 5.34. The monoisotopic (exact) mass is 434 g/mol. The molecule has 0 aliphatic heterocycles. The van der Waals surface area contributed by atoms with E-state index in [1.807, 2.05) is 0 Å². The van der Waals surface area contributed by atoms with Gasteiger partial charge in [0.2, 0.25) is 0 Å². The fraction of sp³-hybridized carbons (Fsp3) is 0.190. The minimum Gasteiger partial charge on any atom is -0.386 e. The molecule has 2 atom stereocenters. The highest BCUT2D eigenvalue weighted by Crippen LogP contribution is 2.21. The van der Waals surface area contributed by atoms with Crippen LogP contribution in [0.3, 0.4) is 0 Å². The van der Waals surface area contributed by atoms with E-state index in [4.69, 9.17) is 17.3 Å². The van der Waals surface area contributed by atoms with Crippen molar-refractivity contribution in [3.63, 3.8) is 0 Å². The first-order valence-corrected chi connectivity index (χ1v) is 9.55. The van der Waals surface area contributed by atoms with E-state index in [1.54, 1.807) is 38.4 Å². The van der Waals surface area contributed by atoms with Crippen molar-refractivity contribution in [1.29, 1.82) is 0 Å². The van der Waals surface area contributed by atoms with Crippen molar-refractivity contribution in [2.75, 3.05) is 7.05 Å². The predicted molar refractivity (Wildman–Crippen MR) is 123 cm³/mol. The third-order valence-electron chi connectivity index (χ3n) is 4.30. The van der Waals surface area contributed by atoms with Crippen molar-refractivity contribution in [2.45, 2.75) is 13.0 Å². The van der Waals surface area contributed by atoms with Gasteiger partial charge in [-0.15, -0.1) is 0 Å². The molecule has 0 amide bonds. The Morgan fingerprint density at radius 2 is 2.16 bits per heavy atom. The van der Waals surface area contributed by atoms with Crippen molar-refractivity contribution >= 4 is 40.9 Å². The Labute approximate surface area is 183 Å². The lowest BCUT2D eigenvalue weighted by atomic mass is 10.1. The molecule has 0 spiro atoms. The van der Waals surface area contributed by atoms with Gasteiger partial charge in [-0.1, -0.05) is 23.6 Å². The van der Waals surface area contributed by atoms with Crippen LogP contribution in [0.1, 0.15) is 24.5 Å².